The van der Waals surface area contributed by atoms with Gasteiger partial charge in [-0.1, -0.05) is 33.6 Å². The molecular weight excluding hydrogens is 305 g/mol. The predicted molar refractivity (Wildman–Crippen MR) is 73.1 cm³/mol. The van der Waals surface area contributed by atoms with Crippen LogP contribution < -0.4 is 5.32 Å². The molecule has 1 amide bonds. The average molecular weight is 321 g/mol. The van der Waals surface area contributed by atoms with Crippen molar-refractivity contribution in [3.63, 3.8) is 0 Å². The molecule has 1 unspecified atom stereocenters. The molecule has 0 saturated carbocycles. The summed E-state index contributed by atoms with van der Waals surface area (Å²) >= 11 is 9.30. The van der Waals surface area contributed by atoms with Gasteiger partial charge in [0.05, 0.1) is 12.6 Å². The maximum atomic E-state index is 11.9. The Balaban J connectivity index is 2.72. The molecule has 0 radical (unpaired) electrons. The van der Waals surface area contributed by atoms with Gasteiger partial charge in [0.1, 0.15) is 0 Å². The fourth-order valence-electron chi connectivity index (χ4n) is 1.33. The molecule has 1 N–H and O–H groups in total. The highest BCUT2D eigenvalue weighted by Gasteiger charge is 2.13. The van der Waals surface area contributed by atoms with Crippen molar-refractivity contribution in [2.45, 2.75) is 13.0 Å². The van der Waals surface area contributed by atoms with Crippen molar-refractivity contribution in [2.24, 2.45) is 0 Å². The lowest BCUT2D eigenvalue weighted by molar-refractivity contribution is 0.0908. The molecule has 1 atom stereocenters. The van der Waals surface area contributed by atoms with E-state index in [1.165, 1.54) is 0 Å². The number of hydrogen-bond acceptors (Lipinski definition) is 2. The smallest absolute Gasteiger partial charge is 0.251 e. The monoisotopic (exact) mass is 319 g/mol. The van der Waals surface area contributed by atoms with Gasteiger partial charge in [-0.2, -0.15) is 0 Å². The SMILES string of the molecule is COCC(CBr)NC(=O)c1ccc(C)c(Cl)c1. The Kier molecular flexibility index (Phi) is 5.95. The molecule has 0 heterocycles. The topological polar surface area (TPSA) is 38.3 Å². The predicted octanol–water partition coefficient (Wildman–Crippen LogP) is 2.79. The summed E-state index contributed by atoms with van der Waals surface area (Å²) in [5, 5.41) is 4.10. The van der Waals surface area contributed by atoms with Crippen LogP contribution >= 0.6 is 27.5 Å². The number of ether oxygens (including phenoxy) is 1. The third-order valence-corrected chi connectivity index (χ3v) is 3.51. The molecule has 1 rings (SSSR count). The molecule has 0 aliphatic rings. The summed E-state index contributed by atoms with van der Waals surface area (Å²) < 4.78 is 5.00. The summed E-state index contributed by atoms with van der Waals surface area (Å²) in [6, 6.07) is 5.21. The zero-order chi connectivity index (χ0) is 12.8. The average Bonchev–Trinajstić information content (AvgIpc) is 2.31. The molecule has 5 heteroatoms. The Bertz CT molecular complexity index is 398. The number of carbonyl (C=O) groups is 1. The Labute approximate surface area is 115 Å². The van der Waals surface area contributed by atoms with Crippen LogP contribution in [0, 0.1) is 6.92 Å². The van der Waals surface area contributed by atoms with E-state index in [4.69, 9.17) is 16.3 Å². The quantitative estimate of drug-likeness (QED) is 0.847. The summed E-state index contributed by atoms with van der Waals surface area (Å²) in [6.45, 7) is 2.37. The fraction of sp³-hybridized carbons (Fsp3) is 0.417. The maximum Gasteiger partial charge on any atom is 0.251 e. The Morgan fingerprint density at radius 3 is 2.82 bits per heavy atom. The van der Waals surface area contributed by atoms with E-state index in [0.717, 1.165) is 5.56 Å². The van der Waals surface area contributed by atoms with Gasteiger partial charge in [0.2, 0.25) is 0 Å². The van der Waals surface area contributed by atoms with Crippen LogP contribution in [0.5, 0.6) is 0 Å². The molecule has 0 aliphatic carbocycles. The van der Waals surface area contributed by atoms with E-state index in [1.807, 2.05) is 13.0 Å². The molecule has 94 valence electrons. The lowest BCUT2D eigenvalue weighted by atomic mass is 10.1. The lowest BCUT2D eigenvalue weighted by Gasteiger charge is -2.15. The summed E-state index contributed by atoms with van der Waals surface area (Å²) in [4.78, 5) is 11.9. The van der Waals surface area contributed by atoms with Crippen LogP contribution in [-0.2, 0) is 4.74 Å². The first-order chi connectivity index (χ1) is 8.08. The van der Waals surface area contributed by atoms with Gasteiger partial charge < -0.3 is 10.1 Å². The summed E-state index contributed by atoms with van der Waals surface area (Å²) in [6.07, 6.45) is 0. The van der Waals surface area contributed by atoms with Gasteiger partial charge in [-0.05, 0) is 24.6 Å². The zero-order valence-electron chi connectivity index (χ0n) is 9.80. The van der Waals surface area contributed by atoms with Crippen molar-refractivity contribution in [3.05, 3.63) is 34.3 Å². The molecule has 0 spiro atoms. The van der Waals surface area contributed by atoms with Gasteiger partial charge in [0.25, 0.3) is 5.91 Å². The summed E-state index contributed by atoms with van der Waals surface area (Å²) in [5.74, 6) is -0.145. The number of halogens is 2. The van der Waals surface area contributed by atoms with E-state index < -0.39 is 0 Å². The van der Waals surface area contributed by atoms with E-state index in [1.54, 1.807) is 19.2 Å². The van der Waals surface area contributed by atoms with Crippen molar-refractivity contribution >= 4 is 33.4 Å². The molecular formula is C12H15BrClNO2. The number of rotatable bonds is 5. The highest BCUT2D eigenvalue weighted by molar-refractivity contribution is 9.09. The molecule has 3 nitrogen and oxygen atoms in total. The number of benzene rings is 1. The molecule has 0 bridgehead atoms. The van der Waals surface area contributed by atoms with Crippen LogP contribution in [0.15, 0.2) is 18.2 Å². The Morgan fingerprint density at radius 1 is 1.59 bits per heavy atom. The molecule has 0 fully saturated rings. The molecule has 0 aromatic heterocycles. The van der Waals surface area contributed by atoms with Crippen LogP contribution in [-0.4, -0.2) is 31.0 Å². The van der Waals surface area contributed by atoms with Crippen LogP contribution in [0.1, 0.15) is 15.9 Å². The number of nitrogens with one attached hydrogen (secondary N) is 1. The minimum atomic E-state index is -0.145. The minimum absolute atomic E-state index is 0.0485. The van der Waals surface area contributed by atoms with Gasteiger partial charge in [0, 0.05) is 23.0 Å². The van der Waals surface area contributed by atoms with Crippen LogP contribution in [0.3, 0.4) is 0 Å². The van der Waals surface area contributed by atoms with Crippen molar-refractivity contribution in [1.29, 1.82) is 0 Å². The first-order valence-corrected chi connectivity index (χ1v) is 6.70. The van der Waals surface area contributed by atoms with Crippen molar-refractivity contribution in [3.8, 4) is 0 Å². The summed E-state index contributed by atoms with van der Waals surface area (Å²) in [7, 11) is 1.60. The first-order valence-electron chi connectivity index (χ1n) is 5.20. The van der Waals surface area contributed by atoms with E-state index in [2.05, 4.69) is 21.2 Å². The molecule has 0 aliphatic heterocycles. The zero-order valence-corrected chi connectivity index (χ0v) is 12.1. The second kappa shape index (κ2) is 6.99. The van der Waals surface area contributed by atoms with Gasteiger partial charge >= 0.3 is 0 Å². The number of carbonyl (C=O) groups excluding carboxylic acids is 1. The van der Waals surface area contributed by atoms with Crippen LogP contribution in [0.2, 0.25) is 5.02 Å². The molecule has 1 aromatic rings. The standard InChI is InChI=1S/C12H15BrClNO2/c1-8-3-4-9(5-11(8)14)12(16)15-10(6-13)7-17-2/h3-5,10H,6-7H2,1-2H3,(H,15,16). The van der Waals surface area contributed by atoms with Gasteiger partial charge in [-0.15, -0.1) is 0 Å². The summed E-state index contributed by atoms with van der Waals surface area (Å²) in [5.41, 5.74) is 1.51. The lowest BCUT2D eigenvalue weighted by Crippen LogP contribution is -2.39. The van der Waals surface area contributed by atoms with E-state index >= 15 is 0 Å². The normalized spacial score (nSPS) is 12.2. The third kappa shape index (κ3) is 4.30. The number of aryl methyl sites for hydroxylation is 1. The number of amides is 1. The maximum absolute atomic E-state index is 11.9. The second-order valence-corrected chi connectivity index (χ2v) is 4.80. The van der Waals surface area contributed by atoms with Crippen LogP contribution in [0.25, 0.3) is 0 Å². The number of alkyl halides is 1. The van der Waals surface area contributed by atoms with Gasteiger partial charge in [-0.3, -0.25) is 4.79 Å². The highest BCUT2D eigenvalue weighted by atomic mass is 79.9. The second-order valence-electron chi connectivity index (χ2n) is 3.74. The van der Waals surface area contributed by atoms with Crippen molar-refractivity contribution in [1.82, 2.24) is 5.32 Å². The van der Waals surface area contributed by atoms with Crippen molar-refractivity contribution in [2.75, 3.05) is 19.0 Å². The molecule has 1 aromatic carbocycles. The van der Waals surface area contributed by atoms with Crippen molar-refractivity contribution < 1.29 is 9.53 Å². The number of methoxy groups -OCH3 is 1. The fourth-order valence-corrected chi connectivity index (χ4v) is 1.86. The Morgan fingerprint density at radius 2 is 2.29 bits per heavy atom. The van der Waals surface area contributed by atoms with Crippen LogP contribution in [0.4, 0.5) is 0 Å². The van der Waals surface area contributed by atoms with E-state index in [0.29, 0.717) is 22.5 Å². The van der Waals surface area contributed by atoms with E-state index in [-0.39, 0.29) is 11.9 Å². The van der Waals surface area contributed by atoms with E-state index in [9.17, 15) is 4.79 Å². The largest absolute Gasteiger partial charge is 0.383 e. The van der Waals surface area contributed by atoms with Gasteiger partial charge in [-0.25, -0.2) is 0 Å². The third-order valence-electron chi connectivity index (χ3n) is 2.32. The van der Waals surface area contributed by atoms with Gasteiger partial charge in [0.15, 0.2) is 0 Å². The molecule has 0 saturated heterocycles. The first kappa shape index (κ1) is 14.5. The molecule has 17 heavy (non-hydrogen) atoms. The minimum Gasteiger partial charge on any atom is -0.383 e. The Hall–Kier alpha value is -0.580. The highest BCUT2D eigenvalue weighted by Crippen LogP contribution is 2.16. The number of hydrogen-bond donors (Lipinski definition) is 1.